The lowest BCUT2D eigenvalue weighted by Crippen LogP contribution is -2.54. The van der Waals surface area contributed by atoms with Crippen LogP contribution in [-0.4, -0.2) is 300 Å². The van der Waals surface area contributed by atoms with Gasteiger partial charge in [0.2, 0.25) is 35.4 Å². The molecule has 0 fully saturated rings. The lowest BCUT2D eigenvalue weighted by Gasteiger charge is -2.27. The average Bonchev–Trinajstić information content (AvgIpc) is 0.863. The van der Waals surface area contributed by atoms with Crippen molar-refractivity contribution in [3.63, 3.8) is 0 Å². The van der Waals surface area contributed by atoms with Crippen LogP contribution in [0.25, 0.3) is 0 Å². The van der Waals surface area contributed by atoms with E-state index in [1.165, 1.54) is 45.6 Å². The Morgan fingerprint density at radius 1 is 0.415 bits per heavy atom. The van der Waals surface area contributed by atoms with Crippen LogP contribution in [0.5, 0.6) is 0 Å². The minimum Gasteiger partial charge on any atom is -0.481 e. The van der Waals surface area contributed by atoms with E-state index in [0.29, 0.717) is 25.0 Å². The van der Waals surface area contributed by atoms with E-state index in [-0.39, 0.29) is 206 Å². The van der Waals surface area contributed by atoms with Gasteiger partial charge in [-0.1, -0.05) is 90.9 Å². The molecule has 0 spiro atoms. The van der Waals surface area contributed by atoms with Crippen molar-refractivity contribution in [3.05, 3.63) is 18.2 Å². The van der Waals surface area contributed by atoms with Crippen LogP contribution in [-0.2, 0) is 126 Å². The second kappa shape index (κ2) is 71.9. The molecule has 0 aliphatic carbocycles. The summed E-state index contributed by atoms with van der Waals surface area (Å²) in [6.45, 7) is 3.99. The lowest BCUT2D eigenvalue weighted by atomic mass is 9.81. The quantitative estimate of drug-likeness (QED) is 0.0415. The van der Waals surface area contributed by atoms with E-state index in [2.05, 4.69) is 47.2 Å². The smallest absolute Gasteiger partial charge is 0.326 e. The molecule has 1 rings (SSSR count). The molecule has 6 amide bonds. The lowest BCUT2D eigenvalue weighted by molar-refractivity contribution is -0.145. The van der Waals surface area contributed by atoms with Crippen molar-refractivity contribution in [1.29, 1.82) is 0 Å². The Labute approximate surface area is 758 Å². The molecule has 1 aromatic rings. The fourth-order valence-corrected chi connectivity index (χ4v) is 13.4. The first-order valence-corrected chi connectivity index (χ1v) is 45.1. The number of Topliss-reactive ketones (excluding diaryl/α,β-unsaturated/α-hetero) is 7. The standard InChI is InChI=1S/C88H144N10O32/c1-59(99)81(60(2)100)98-82(114)71(95-54-74(106)88(3,4)52-73(105)70(89)51-65-53-90-58-96-65)22-19-20-34-91-75(107)29-24-62(84(117)118)48-67(102)55-128-44-41-125-38-35-92-76(108)30-25-63(85(119)120)49-68(103)56-129-45-42-126-39-36-93-77(109)31-26-64(86(121)122)50-69(104)57-130-46-43-127-40-37-94-78(110)33-28-72(87(123)124)97-79(111)32-27-61(83(115)116)47-66(101)21-17-15-13-11-9-7-5-6-8-10-12-14-16-18-23-80(112)113/h53,58-59,61-64,70-72,81,95,99H,5-52,54-57,89H2,1-4H3,(H,90,96)(H,91,107)(H,92,108)(H,93,109)(H,94,110)(H,97,111)(H,98,114)(H,112,113)(H,115,116)(H,117,118)(H,119,120)(H,121,122)(H,123,124)/t59-,61-,62-,63-,64-,70+,71+,72+,81+/m1/s1. The van der Waals surface area contributed by atoms with Crippen molar-refractivity contribution >= 4 is 112 Å². The summed E-state index contributed by atoms with van der Waals surface area (Å²) >= 11 is 0. The number of carbonyl (C=O) groups excluding carboxylic acids is 13. The number of amides is 6. The summed E-state index contributed by atoms with van der Waals surface area (Å²) in [7, 11) is 0. The Balaban J connectivity index is 2.23. The fraction of sp³-hybridized carbons (Fsp3) is 0.750. The van der Waals surface area contributed by atoms with Gasteiger partial charge in [-0.05, 0) is 78.1 Å². The highest BCUT2D eigenvalue weighted by Gasteiger charge is 2.35. The van der Waals surface area contributed by atoms with Crippen LogP contribution in [0.15, 0.2) is 12.5 Å². The number of hydrogen-bond donors (Lipinski definition) is 16. The molecule has 0 bridgehead atoms. The summed E-state index contributed by atoms with van der Waals surface area (Å²) in [5.74, 6) is -18.6. The highest BCUT2D eigenvalue weighted by Crippen LogP contribution is 2.25. The summed E-state index contributed by atoms with van der Waals surface area (Å²) < 4.78 is 32.1. The largest absolute Gasteiger partial charge is 0.481 e. The Hall–Kier alpha value is -9.82. The van der Waals surface area contributed by atoms with Crippen LogP contribution in [0.1, 0.15) is 252 Å². The summed E-state index contributed by atoms with van der Waals surface area (Å²) in [4.78, 5) is 242. The molecule has 0 aliphatic heterocycles. The maximum atomic E-state index is 13.4. The van der Waals surface area contributed by atoms with Gasteiger partial charge in [0, 0.05) is 127 Å². The van der Waals surface area contributed by atoms with Crippen LogP contribution in [0, 0.1) is 29.1 Å². The predicted octanol–water partition coefficient (Wildman–Crippen LogP) is 3.42. The number of nitrogens with zero attached hydrogens (tertiary/aromatic N) is 1. The van der Waals surface area contributed by atoms with Crippen molar-refractivity contribution < 1.29 is 155 Å². The van der Waals surface area contributed by atoms with Crippen LogP contribution in [0.4, 0.5) is 0 Å². The molecule has 0 saturated heterocycles. The molecule has 17 N–H and O–H groups in total. The highest BCUT2D eigenvalue weighted by atomic mass is 16.5. The Morgan fingerprint density at radius 3 is 1.15 bits per heavy atom. The number of aliphatic hydroxyl groups is 1. The van der Waals surface area contributed by atoms with E-state index in [4.69, 9.17) is 39.3 Å². The number of carboxylic acid groups (broad SMARTS) is 6. The number of aromatic amines is 1. The molecule has 9 atom stereocenters. The van der Waals surface area contributed by atoms with Crippen molar-refractivity contribution in [2.24, 2.45) is 34.8 Å². The van der Waals surface area contributed by atoms with Crippen molar-refractivity contribution in [3.8, 4) is 0 Å². The molecule has 0 saturated carbocycles. The average molecular weight is 1850 g/mol. The summed E-state index contributed by atoms with van der Waals surface area (Å²) in [5, 5.41) is 85.5. The van der Waals surface area contributed by atoms with Crippen LogP contribution in [0.3, 0.4) is 0 Å². The minimum absolute atomic E-state index is 0.00268. The van der Waals surface area contributed by atoms with E-state index in [9.17, 15) is 122 Å². The predicted molar refractivity (Wildman–Crippen MR) is 466 cm³/mol. The molecule has 0 aliphatic rings. The van der Waals surface area contributed by atoms with E-state index in [1.54, 1.807) is 13.8 Å². The van der Waals surface area contributed by atoms with Gasteiger partial charge in [-0.15, -0.1) is 0 Å². The molecule has 42 heteroatoms. The molecular formula is C88H144N10O32. The van der Waals surface area contributed by atoms with Gasteiger partial charge in [-0.2, -0.15) is 0 Å². The number of H-pyrrole nitrogens is 1. The number of aliphatic carboxylic acids is 6. The molecule has 130 heavy (non-hydrogen) atoms. The molecule has 0 unspecified atom stereocenters. The number of aliphatic hydroxyl groups excluding tert-OH is 1. The maximum absolute atomic E-state index is 13.4. The number of ether oxygens (including phenoxy) is 6. The number of nitrogens with one attached hydrogen (secondary N) is 8. The van der Waals surface area contributed by atoms with Gasteiger partial charge in [-0.25, -0.2) is 9.78 Å². The highest BCUT2D eigenvalue weighted by molar-refractivity contribution is 5.95. The monoisotopic (exact) mass is 1850 g/mol. The van der Waals surface area contributed by atoms with Crippen LogP contribution < -0.4 is 43.0 Å². The van der Waals surface area contributed by atoms with Crippen LogP contribution in [0.2, 0.25) is 0 Å². The second-order valence-electron chi connectivity index (χ2n) is 33.1. The first-order chi connectivity index (χ1) is 61.8. The van der Waals surface area contributed by atoms with E-state index in [1.807, 2.05) is 0 Å². The number of rotatable bonds is 88. The molecule has 0 aromatic carbocycles. The summed E-state index contributed by atoms with van der Waals surface area (Å²) in [6.07, 6.45) is 13.5. The van der Waals surface area contributed by atoms with Gasteiger partial charge in [0.25, 0.3) is 0 Å². The summed E-state index contributed by atoms with van der Waals surface area (Å²) in [6, 6.07) is -4.60. The third-order valence-electron chi connectivity index (χ3n) is 21.2. The maximum Gasteiger partial charge on any atom is 0.326 e. The number of aromatic nitrogens is 2. The third kappa shape index (κ3) is 61.7. The van der Waals surface area contributed by atoms with Crippen molar-refractivity contribution in [1.82, 2.24) is 47.2 Å². The molecule has 42 nitrogen and oxygen atoms in total. The Bertz CT molecular complexity index is 3620. The zero-order valence-corrected chi connectivity index (χ0v) is 76.0. The van der Waals surface area contributed by atoms with E-state index in [0.717, 1.165) is 64.2 Å². The SMILES string of the molecule is CC(=O)[C@@H](NC(=O)[C@H](CCCCNC(=O)CC[C@H](CC(=O)COCCOCCNC(=O)CC[C@H](CC(=O)COCCOCCNC(=O)CC[C@H](CC(=O)COCCOCCNC(=O)CC[C@H](NC(=O)CC[C@H](CC(=O)CCCCCCCCCCCCCCCCC(=O)O)C(=O)O)C(=O)O)C(=O)O)C(=O)O)C(=O)O)NCC(=O)C(C)(C)CC(=O)[C@@H](N)Cc1cnc[nH]1)[C@@H](C)O. The van der Waals surface area contributed by atoms with Gasteiger partial charge < -0.3 is 107 Å². The first kappa shape index (κ1) is 118. The number of imidazole rings is 1. The molecule has 1 heterocycles. The van der Waals surface area contributed by atoms with Crippen molar-refractivity contribution in [2.45, 2.75) is 283 Å². The number of unbranched alkanes of at least 4 members (excludes halogenated alkanes) is 14. The molecule has 1 aromatic heterocycles. The van der Waals surface area contributed by atoms with Gasteiger partial charge in [0.05, 0.1) is 114 Å². The third-order valence-corrected chi connectivity index (χ3v) is 21.2. The van der Waals surface area contributed by atoms with Gasteiger partial charge >= 0.3 is 35.8 Å². The van der Waals surface area contributed by atoms with Crippen LogP contribution >= 0.6 is 0 Å². The normalized spacial score (nSPS) is 13.5. The molecule has 738 valence electrons. The Morgan fingerprint density at radius 2 is 0.785 bits per heavy atom. The molecular weight excluding hydrogens is 1710 g/mol. The van der Waals surface area contributed by atoms with Gasteiger partial charge in [0.15, 0.2) is 34.7 Å². The number of ketones is 7. The summed E-state index contributed by atoms with van der Waals surface area (Å²) in [5.41, 5.74) is 5.58. The topological polar surface area (TPSA) is 660 Å². The zero-order chi connectivity index (χ0) is 97.0. The van der Waals surface area contributed by atoms with E-state index >= 15 is 0 Å². The fourth-order valence-electron chi connectivity index (χ4n) is 13.4. The second-order valence-corrected chi connectivity index (χ2v) is 33.1. The Kier molecular flexibility index (Phi) is 65.3. The number of hydrogen-bond acceptors (Lipinski definition) is 29. The van der Waals surface area contributed by atoms with Gasteiger partial charge in [0.1, 0.15) is 37.7 Å². The number of carboxylic acids is 6. The first-order valence-electron chi connectivity index (χ1n) is 45.1. The van der Waals surface area contributed by atoms with Gasteiger partial charge in [-0.3, -0.25) is 91.6 Å². The van der Waals surface area contributed by atoms with E-state index < -0.39 is 199 Å². The molecule has 0 radical (unpaired) electrons. The van der Waals surface area contributed by atoms with Crippen molar-refractivity contribution in [2.75, 3.05) is 112 Å². The zero-order valence-electron chi connectivity index (χ0n) is 76.0. The number of carbonyl (C=O) groups is 19. The number of nitrogens with two attached hydrogens (primary N) is 1. The minimum atomic E-state index is -1.45.